The number of amides is 1. The number of nitrogens with two attached hydrogens (primary N) is 1. The summed E-state index contributed by atoms with van der Waals surface area (Å²) >= 11 is 0. The average Bonchev–Trinajstić information content (AvgIpc) is 2.53. The molecule has 0 radical (unpaired) electrons. The minimum Gasteiger partial charge on any atom is -0.395 e. The van der Waals surface area contributed by atoms with Gasteiger partial charge in [0, 0.05) is 12.1 Å². The highest BCUT2D eigenvalue weighted by molar-refractivity contribution is 7.88. The van der Waals surface area contributed by atoms with Gasteiger partial charge in [-0.1, -0.05) is 0 Å². The molecule has 0 atom stereocenters. The maximum absolute atomic E-state index is 11.8. The van der Waals surface area contributed by atoms with Crippen molar-refractivity contribution in [2.24, 2.45) is 0 Å². The van der Waals surface area contributed by atoms with Gasteiger partial charge in [0.25, 0.3) is 5.91 Å². The number of carbonyl (C=O) groups is 1. The van der Waals surface area contributed by atoms with E-state index in [1.807, 2.05) is 0 Å². The fourth-order valence-electron chi connectivity index (χ4n) is 1.53. The van der Waals surface area contributed by atoms with E-state index in [2.05, 4.69) is 20.2 Å². The van der Waals surface area contributed by atoms with E-state index in [0.29, 0.717) is 5.69 Å². The second kappa shape index (κ2) is 5.17. The predicted octanol–water partition coefficient (Wildman–Crippen LogP) is -0.642. The molecule has 0 saturated heterocycles. The van der Waals surface area contributed by atoms with Crippen LogP contribution in [0.4, 0.5) is 5.69 Å². The van der Waals surface area contributed by atoms with Gasteiger partial charge in [-0.25, -0.2) is 13.1 Å². The van der Waals surface area contributed by atoms with Crippen molar-refractivity contribution in [3.8, 4) is 0 Å². The summed E-state index contributed by atoms with van der Waals surface area (Å²) in [6.45, 7) is 5.14. The number of nitrogen functional groups attached to an aromatic ring is 1. The Morgan fingerprint density at radius 1 is 1.47 bits per heavy atom. The third kappa shape index (κ3) is 4.52. The quantitative estimate of drug-likeness (QED) is 0.572. The van der Waals surface area contributed by atoms with Crippen LogP contribution in [0.2, 0.25) is 0 Å². The number of H-pyrrole nitrogens is 1. The minimum absolute atomic E-state index is 0.104. The standard InChI is InChI=1S/C10H19N5O3S/c1-6-7(11)8(14-13-6)9(16)12-5-10(2,3)15-19(4,17)18/h15H,5,11H2,1-4H3,(H,12,16)(H,13,14). The first-order valence-corrected chi connectivity index (χ1v) is 7.48. The van der Waals surface area contributed by atoms with Crippen LogP contribution in [0.3, 0.4) is 0 Å². The summed E-state index contributed by atoms with van der Waals surface area (Å²) in [7, 11) is -3.35. The number of carbonyl (C=O) groups excluding carboxylic acids is 1. The fourth-order valence-corrected chi connectivity index (χ4v) is 2.61. The molecule has 0 unspecified atom stereocenters. The van der Waals surface area contributed by atoms with Crippen molar-refractivity contribution in [2.75, 3.05) is 18.5 Å². The van der Waals surface area contributed by atoms with Crippen LogP contribution in [0.5, 0.6) is 0 Å². The van der Waals surface area contributed by atoms with E-state index in [-0.39, 0.29) is 17.9 Å². The zero-order chi connectivity index (χ0) is 14.8. The normalized spacial score (nSPS) is 12.4. The van der Waals surface area contributed by atoms with Crippen molar-refractivity contribution < 1.29 is 13.2 Å². The average molecular weight is 289 g/mol. The molecule has 108 valence electrons. The Kier molecular flexibility index (Phi) is 4.21. The summed E-state index contributed by atoms with van der Waals surface area (Å²) in [6.07, 6.45) is 1.06. The largest absolute Gasteiger partial charge is 0.395 e. The van der Waals surface area contributed by atoms with Crippen molar-refractivity contribution in [1.82, 2.24) is 20.2 Å². The molecule has 9 heteroatoms. The molecular formula is C10H19N5O3S. The topological polar surface area (TPSA) is 130 Å². The molecule has 1 rings (SSSR count). The van der Waals surface area contributed by atoms with Crippen LogP contribution >= 0.6 is 0 Å². The summed E-state index contributed by atoms with van der Waals surface area (Å²) in [5, 5.41) is 8.98. The Hall–Kier alpha value is -1.61. The van der Waals surface area contributed by atoms with Gasteiger partial charge in [0.05, 0.1) is 17.6 Å². The molecule has 1 amide bonds. The van der Waals surface area contributed by atoms with Crippen LogP contribution in [-0.4, -0.2) is 42.9 Å². The number of aryl methyl sites for hydroxylation is 1. The SMILES string of the molecule is Cc1[nH]nc(C(=O)NCC(C)(C)NS(C)(=O)=O)c1N. The molecule has 0 fully saturated rings. The lowest BCUT2D eigenvalue weighted by Crippen LogP contribution is -2.51. The highest BCUT2D eigenvalue weighted by atomic mass is 32.2. The van der Waals surface area contributed by atoms with Gasteiger partial charge >= 0.3 is 0 Å². The lowest BCUT2D eigenvalue weighted by Gasteiger charge is -2.25. The van der Waals surface area contributed by atoms with Crippen LogP contribution in [0.1, 0.15) is 30.0 Å². The monoisotopic (exact) mass is 289 g/mol. The van der Waals surface area contributed by atoms with Crippen LogP contribution in [0.15, 0.2) is 0 Å². The summed E-state index contributed by atoms with van der Waals surface area (Å²) in [5.41, 5.74) is 5.87. The second-order valence-electron chi connectivity index (χ2n) is 5.05. The van der Waals surface area contributed by atoms with Gasteiger partial charge in [-0.2, -0.15) is 5.10 Å². The fraction of sp³-hybridized carbons (Fsp3) is 0.600. The van der Waals surface area contributed by atoms with Crippen LogP contribution in [-0.2, 0) is 10.0 Å². The van der Waals surface area contributed by atoms with Crippen molar-refractivity contribution >= 4 is 21.6 Å². The molecule has 0 aliphatic carbocycles. The predicted molar refractivity (Wildman–Crippen MR) is 72.1 cm³/mol. The van der Waals surface area contributed by atoms with Gasteiger partial charge in [-0.15, -0.1) is 0 Å². The van der Waals surface area contributed by atoms with Gasteiger partial charge in [-0.3, -0.25) is 9.89 Å². The lowest BCUT2D eigenvalue weighted by atomic mass is 10.1. The van der Waals surface area contributed by atoms with E-state index in [1.54, 1.807) is 20.8 Å². The number of hydrogen-bond acceptors (Lipinski definition) is 5. The molecule has 0 spiro atoms. The van der Waals surface area contributed by atoms with E-state index in [4.69, 9.17) is 5.73 Å². The van der Waals surface area contributed by atoms with Crippen molar-refractivity contribution in [3.05, 3.63) is 11.4 Å². The van der Waals surface area contributed by atoms with Gasteiger partial charge in [0.2, 0.25) is 10.0 Å². The highest BCUT2D eigenvalue weighted by Gasteiger charge is 2.24. The summed E-state index contributed by atoms with van der Waals surface area (Å²) in [6, 6.07) is 0. The Morgan fingerprint density at radius 3 is 2.47 bits per heavy atom. The first-order chi connectivity index (χ1) is 8.52. The van der Waals surface area contributed by atoms with E-state index in [1.165, 1.54) is 0 Å². The molecule has 8 nitrogen and oxygen atoms in total. The number of nitrogens with zero attached hydrogens (tertiary/aromatic N) is 1. The number of sulfonamides is 1. The molecular weight excluding hydrogens is 270 g/mol. The van der Waals surface area contributed by atoms with E-state index in [0.717, 1.165) is 6.26 Å². The molecule has 0 bridgehead atoms. The Balaban J connectivity index is 2.67. The van der Waals surface area contributed by atoms with Gasteiger partial charge < -0.3 is 11.1 Å². The van der Waals surface area contributed by atoms with E-state index >= 15 is 0 Å². The number of hydrogen-bond donors (Lipinski definition) is 4. The number of aromatic nitrogens is 2. The third-order valence-electron chi connectivity index (χ3n) is 2.36. The second-order valence-corrected chi connectivity index (χ2v) is 6.80. The molecule has 0 aliphatic heterocycles. The first kappa shape index (κ1) is 15.4. The molecule has 1 aromatic heterocycles. The molecule has 5 N–H and O–H groups in total. The number of anilines is 1. The molecule has 1 heterocycles. The first-order valence-electron chi connectivity index (χ1n) is 5.59. The van der Waals surface area contributed by atoms with Crippen molar-refractivity contribution in [1.29, 1.82) is 0 Å². The van der Waals surface area contributed by atoms with E-state index < -0.39 is 21.5 Å². The summed E-state index contributed by atoms with van der Waals surface area (Å²) in [5.74, 6) is -0.453. The maximum Gasteiger partial charge on any atom is 0.274 e. The van der Waals surface area contributed by atoms with Crippen LogP contribution in [0, 0.1) is 6.92 Å². The Morgan fingerprint density at radius 2 is 2.05 bits per heavy atom. The smallest absolute Gasteiger partial charge is 0.274 e. The number of aromatic amines is 1. The number of nitrogens with one attached hydrogen (secondary N) is 3. The molecule has 19 heavy (non-hydrogen) atoms. The van der Waals surface area contributed by atoms with Crippen molar-refractivity contribution in [2.45, 2.75) is 26.3 Å². The molecule has 0 saturated carbocycles. The summed E-state index contributed by atoms with van der Waals surface area (Å²) < 4.78 is 24.7. The van der Waals surface area contributed by atoms with Gasteiger partial charge in [0.1, 0.15) is 0 Å². The zero-order valence-electron chi connectivity index (χ0n) is 11.4. The van der Waals surface area contributed by atoms with Gasteiger partial charge in [-0.05, 0) is 20.8 Å². The van der Waals surface area contributed by atoms with Crippen LogP contribution in [0.25, 0.3) is 0 Å². The van der Waals surface area contributed by atoms with Crippen molar-refractivity contribution in [3.63, 3.8) is 0 Å². The zero-order valence-corrected chi connectivity index (χ0v) is 12.2. The molecule has 0 aromatic carbocycles. The maximum atomic E-state index is 11.8. The molecule has 1 aromatic rings. The summed E-state index contributed by atoms with van der Waals surface area (Å²) in [4.78, 5) is 11.8. The van der Waals surface area contributed by atoms with Gasteiger partial charge in [0.15, 0.2) is 5.69 Å². The molecule has 0 aliphatic rings. The minimum atomic E-state index is -3.35. The van der Waals surface area contributed by atoms with E-state index in [9.17, 15) is 13.2 Å². The Bertz CT molecular complexity index is 576. The van der Waals surface area contributed by atoms with Crippen LogP contribution < -0.4 is 15.8 Å². The Labute approximate surface area is 112 Å². The highest BCUT2D eigenvalue weighted by Crippen LogP contribution is 2.12. The third-order valence-corrected chi connectivity index (χ3v) is 3.29. The lowest BCUT2D eigenvalue weighted by molar-refractivity contribution is 0.0940. The number of rotatable bonds is 5.